The van der Waals surface area contributed by atoms with Crippen molar-refractivity contribution in [1.29, 1.82) is 0 Å². The van der Waals surface area contributed by atoms with Crippen LogP contribution in [0.2, 0.25) is 0 Å². The van der Waals surface area contributed by atoms with E-state index in [0.717, 1.165) is 17.4 Å². The van der Waals surface area contributed by atoms with Gasteiger partial charge in [0.15, 0.2) is 11.2 Å². The minimum Gasteiger partial charge on any atom is -0.497 e. The Hall–Kier alpha value is -4.08. The molecule has 0 aliphatic carbocycles. The number of furan rings is 1. The van der Waals surface area contributed by atoms with Gasteiger partial charge in [-0.25, -0.2) is 14.3 Å². The number of carbonyl (C=O) groups excluding carboxylic acids is 1. The first kappa shape index (κ1) is 22.1. The summed E-state index contributed by atoms with van der Waals surface area (Å²) in [5.41, 5.74) is -0.0500. The van der Waals surface area contributed by atoms with Crippen molar-refractivity contribution < 1.29 is 13.9 Å². The predicted molar refractivity (Wildman–Crippen MR) is 123 cm³/mol. The second-order valence-corrected chi connectivity index (χ2v) is 7.58. The number of aromatic nitrogens is 4. The molecule has 1 N–H and O–H groups in total. The number of methoxy groups -OCH3 is 1. The second-order valence-electron chi connectivity index (χ2n) is 7.58. The molecule has 0 aliphatic rings. The molecule has 10 nitrogen and oxygen atoms in total. The summed E-state index contributed by atoms with van der Waals surface area (Å²) < 4.78 is 14.6. The highest BCUT2D eigenvalue weighted by Crippen LogP contribution is 2.15. The molecule has 0 bridgehead atoms. The number of nitrogens with one attached hydrogen (secondary N) is 1. The Balaban J connectivity index is 1.71. The Bertz CT molecular complexity index is 1360. The molecule has 1 aromatic carbocycles. The Kier molecular flexibility index (Phi) is 6.43. The summed E-state index contributed by atoms with van der Waals surface area (Å²) in [7, 11) is 1.55. The molecule has 0 unspecified atom stereocenters. The minimum atomic E-state index is -0.573. The monoisotopic (exact) mass is 451 g/mol. The number of anilines is 1. The third-order valence-corrected chi connectivity index (χ3v) is 5.30. The van der Waals surface area contributed by atoms with E-state index < -0.39 is 23.7 Å². The molecule has 33 heavy (non-hydrogen) atoms. The van der Waals surface area contributed by atoms with Gasteiger partial charge in [-0.2, -0.15) is 0 Å². The number of hydrogen-bond donors (Lipinski definition) is 1. The van der Waals surface area contributed by atoms with Gasteiger partial charge in [-0.05, 0) is 42.8 Å². The molecule has 1 amide bonds. The highest BCUT2D eigenvalue weighted by molar-refractivity contribution is 5.90. The Morgan fingerprint density at radius 3 is 2.61 bits per heavy atom. The Morgan fingerprint density at radius 2 is 1.94 bits per heavy atom. The summed E-state index contributed by atoms with van der Waals surface area (Å²) >= 11 is 0. The second kappa shape index (κ2) is 9.60. The van der Waals surface area contributed by atoms with Crippen LogP contribution in [0.4, 0.5) is 5.69 Å². The minimum absolute atomic E-state index is 0.249. The molecule has 0 atom stereocenters. The van der Waals surface area contributed by atoms with Gasteiger partial charge in [0.1, 0.15) is 18.1 Å². The lowest BCUT2D eigenvalue weighted by atomic mass is 10.3. The number of imidazole rings is 1. The molecule has 0 aliphatic heterocycles. The number of nitrogens with zero attached hydrogens (tertiary/aromatic N) is 4. The first-order valence-electron chi connectivity index (χ1n) is 10.7. The van der Waals surface area contributed by atoms with Gasteiger partial charge in [0.25, 0.3) is 5.56 Å². The van der Waals surface area contributed by atoms with Crippen LogP contribution in [-0.4, -0.2) is 31.7 Å². The third-order valence-electron chi connectivity index (χ3n) is 5.30. The van der Waals surface area contributed by atoms with Gasteiger partial charge in [0.2, 0.25) is 5.91 Å². The SMILES string of the molecule is CCCCn1c(=O)n(CC(=O)Nc2ccc(OC)cc2)c(=O)c2c1ncn2Cc1ccco1. The summed E-state index contributed by atoms with van der Waals surface area (Å²) in [4.78, 5) is 43.5. The summed E-state index contributed by atoms with van der Waals surface area (Å²) in [5.74, 6) is 0.806. The molecule has 3 heterocycles. The lowest BCUT2D eigenvalue weighted by Crippen LogP contribution is -2.43. The number of hydrogen-bond acceptors (Lipinski definition) is 6. The van der Waals surface area contributed by atoms with E-state index in [4.69, 9.17) is 9.15 Å². The molecular formula is C23H25N5O5. The van der Waals surface area contributed by atoms with Crippen molar-refractivity contribution in [2.45, 2.75) is 39.4 Å². The van der Waals surface area contributed by atoms with Gasteiger partial charge in [-0.15, -0.1) is 0 Å². The normalized spacial score (nSPS) is 11.1. The molecule has 0 saturated carbocycles. The van der Waals surface area contributed by atoms with E-state index in [1.807, 2.05) is 6.92 Å². The fourth-order valence-electron chi connectivity index (χ4n) is 3.60. The van der Waals surface area contributed by atoms with Crippen molar-refractivity contribution in [2.75, 3.05) is 12.4 Å². The lowest BCUT2D eigenvalue weighted by molar-refractivity contribution is -0.116. The maximum absolute atomic E-state index is 13.3. The van der Waals surface area contributed by atoms with Crippen LogP contribution in [0.3, 0.4) is 0 Å². The van der Waals surface area contributed by atoms with Gasteiger partial charge in [0, 0.05) is 12.2 Å². The molecule has 0 spiro atoms. The van der Waals surface area contributed by atoms with Crippen molar-refractivity contribution in [1.82, 2.24) is 18.7 Å². The van der Waals surface area contributed by atoms with Crippen LogP contribution >= 0.6 is 0 Å². The average molecular weight is 451 g/mol. The summed E-state index contributed by atoms with van der Waals surface area (Å²) in [6.45, 7) is 2.26. The topological polar surface area (TPSA) is 113 Å². The number of carbonyl (C=O) groups is 1. The van der Waals surface area contributed by atoms with Gasteiger partial charge in [-0.1, -0.05) is 13.3 Å². The highest BCUT2D eigenvalue weighted by Gasteiger charge is 2.20. The number of amides is 1. The first-order chi connectivity index (χ1) is 16.0. The van der Waals surface area contributed by atoms with Crippen LogP contribution in [-0.2, 0) is 24.4 Å². The number of rotatable bonds is 9. The maximum Gasteiger partial charge on any atom is 0.333 e. The molecule has 10 heteroatoms. The van der Waals surface area contributed by atoms with Crippen molar-refractivity contribution in [3.05, 3.63) is 75.6 Å². The Labute approximate surface area is 189 Å². The van der Waals surface area contributed by atoms with Crippen LogP contribution in [0.1, 0.15) is 25.5 Å². The quantitative estimate of drug-likeness (QED) is 0.418. The first-order valence-corrected chi connectivity index (χ1v) is 10.7. The van der Waals surface area contributed by atoms with Crippen LogP contribution < -0.4 is 21.3 Å². The van der Waals surface area contributed by atoms with Crippen LogP contribution in [0.25, 0.3) is 11.2 Å². The average Bonchev–Trinajstić information content (AvgIpc) is 3.48. The van der Waals surface area contributed by atoms with Crippen molar-refractivity contribution >= 4 is 22.8 Å². The fraction of sp³-hybridized carbons (Fsp3) is 0.304. The van der Waals surface area contributed by atoms with Crippen molar-refractivity contribution in [3.8, 4) is 5.75 Å². The van der Waals surface area contributed by atoms with E-state index in [1.165, 1.54) is 10.9 Å². The number of benzene rings is 1. The molecule has 172 valence electrons. The van der Waals surface area contributed by atoms with E-state index in [9.17, 15) is 14.4 Å². The zero-order valence-electron chi connectivity index (χ0n) is 18.5. The summed E-state index contributed by atoms with van der Waals surface area (Å²) in [6, 6.07) is 10.3. The molecule has 4 rings (SSSR count). The number of aryl methyl sites for hydroxylation is 1. The van der Waals surface area contributed by atoms with Crippen LogP contribution in [0.5, 0.6) is 5.75 Å². The third kappa shape index (κ3) is 4.59. The molecule has 4 aromatic rings. The maximum atomic E-state index is 13.3. The highest BCUT2D eigenvalue weighted by atomic mass is 16.5. The molecule has 0 saturated heterocycles. The molecular weight excluding hydrogens is 426 g/mol. The predicted octanol–water partition coefficient (Wildman–Crippen LogP) is 2.45. The van der Waals surface area contributed by atoms with Gasteiger partial charge in [-0.3, -0.25) is 14.2 Å². The van der Waals surface area contributed by atoms with Crippen molar-refractivity contribution in [2.24, 2.45) is 0 Å². The van der Waals surface area contributed by atoms with Gasteiger partial charge in [0.05, 0.1) is 26.2 Å². The lowest BCUT2D eigenvalue weighted by Gasteiger charge is -2.12. The van der Waals surface area contributed by atoms with E-state index >= 15 is 0 Å². The Morgan fingerprint density at radius 1 is 1.15 bits per heavy atom. The van der Waals surface area contributed by atoms with E-state index in [-0.39, 0.29) is 12.1 Å². The van der Waals surface area contributed by atoms with Crippen LogP contribution in [0, 0.1) is 0 Å². The summed E-state index contributed by atoms with van der Waals surface area (Å²) in [6.07, 6.45) is 4.65. The van der Waals surface area contributed by atoms with E-state index in [2.05, 4.69) is 10.3 Å². The van der Waals surface area contributed by atoms with Gasteiger partial charge < -0.3 is 19.0 Å². The molecule has 3 aromatic heterocycles. The largest absolute Gasteiger partial charge is 0.497 e. The zero-order valence-corrected chi connectivity index (χ0v) is 18.5. The number of ether oxygens (including phenoxy) is 1. The smallest absolute Gasteiger partial charge is 0.333 e. The number of unbranched alkanes of at least 4 members (excludes halogenated alkanes) is 1. The number of fused-ring (bicyclic) bond motifs is 1. The van der Waals surface area contributed by atoms with E-state index in [0.29, 0.717) is 29.4 Å². The standard InChI is InChI=1S/C23H25N5O5/c1-3-4-11-27-21-20(26(15-24-21)13-18-6-5-12-33-18)22(30)28(23(27)31)14-19(29)25-16-7-9-17(32-2)10-8-16/h5-10,12,15H,3-4,11,13-14H2,1-2H3,(H,25,29). The van der Waals surface area contributed by atoms with Gasteiger partial charge >= 0.3 is 5.69 Å². The summed E-state index contributed by atoms with van der Waals surface area (Å²) in [5, 5.41) is 2.71. The molecule has 0 radical (unpaired) electrons. The van der Waals surface area contributed by atoms with Crippen LogP contribution in [0.15, 0.2) is 63.0 Å². The molecule has 0 fully saturated rings. The zero-order chi connectivity index (χ0) is 23.4. The van der Waals surface area contributed by atoms with E-state index in [1.54, 1.807) is 54.3 Å². The van der Waals surface area contributed by atoms with Crippen molar-refractivity contribution in [3.63, 3.8) is 0 Å². The fourth-order valence-corrected chi connectivity index (χ4v) is 3.60.